The van der Waals surface area contributed by atoms with Crippen LogP contribution in [0, 0.1) is 17.2 Å². The van der Waals surface area contributed by atoms with Crippen molar-refractivity contribution < 1.29 is 19.1 Å². The second kappa shape index (κ2) is 11.1. The number of ether oxygens (including phenoxy) is 2. The maximum absolute atomic E-state index is 12.8. The molecule has 0 atom stereocenters. The van der Waals surface area contributed by atoms with E-state index in [0.29, 0.717) is 22.6 Å². The topological polar surface area (TPSA) is 91.7 Å². The molecule has 0 bridgehead atoms. The first kappa shape index (κ1) is 23.6. The van der Waals surface area contributed by atoms with Crippen molar-refractivity contribution in [3.63, 3.8) is 0 Å². The predicted molar refractivity (Wildman–Crippen MR) is 129 cm³/mol. The second-order valence-electron chi connectivity index (χ2n) is 9.05. The third kappa shape index (κ3) is 5.69. The van der Waals surface area contributed by atoms with Crippen molar-refractivity contribution in [2.45, 2.75) is 50.7 Å². The molecule has 2 fully saturated rings. The van der Waals surface area contributed by atoms with E-state index in [-0.39, 0.29) is 24.0 Å². The highest BCUT2D eigenvalue weighted by Gasteiger charge is 2.25. The van der Waals surface area contributed by atoms with E-state index in [1.54, 1.807) is 25.3 Å². The lowest BCUT2D eigenvalue weighted by atomic mass is 9.92. The zero-order valence-corrected chi connectivity index (χ0v) is 19.5. The molecule has 1 aliphatic carbocycles. The molecule has 2 aromatic rings. The van der Waals surface area contributed by atoms with Crippen LogP contribution in [0.25, 0.3) is 0 Å². The quantitative estimate of drug-likeness (QED) is 0.624. The number of benzene rings is 2. The first-order valence-electron chi connectivity index (χ1n) is 12.0. The van der Waals surface area contributed by atoms with Gasteiger partial charge in [0.2, 0.25) is 0 Å². The monoisotopic (exact) mass is 461 g/mol. The minimum absolute atomic E-state index is 0.0487. The van der Waals surface area contributed by atoms with Crippen molar-refractivity contribution in [3.8, 4) is 17.6 Å². The van der Waals surface area contributed by atoms with E-state index < -0.39 is 0 Å². The molecular weight excluding hydrogens is 430 g/mol. The number of nitriles is 1. The van der Waals surface area contributed by atoms with Crippen LogP contribution in [0.5, 0.6) is 11.5 Å². The van der Waals surface area contributed by atoms with Crippen molar-refractivity contribution in [2.24, 2.45) is 5.92 Å². The van der Waals surface area contributed by atoms with Crippen molar-refractivity contribution >= 4 is 17.9 Å². The van der Waals surface area contributed by atoms with Gasteiger partial charge in [0.05, 0.1) is 18.8 Å². The van der Waals surface area contributed by atoms with Gasteiger partial charge in [-0.05, 0) is 74.9 Å². The van der Waals surface area contributed by atoms with Crippen molar-refractivity contribution in [1.29, 1.82) is 5.26 Å². The molecule has 7 heteroatoms. The number of carbonyl (C=O) groups is 2. The SMILES string of the molecule is COc1cc(OC2CCC(NC(=O)c3ccc(N4CCC(C=O)CC4)cc3)CC2)ccc1C#N. The summed E-state index contributed by atoms with van der Waals surface area (Å²) in [6.45, 7) is 1.74. The fraction of sp³-hybridized carbons (Fsp3) is 0.444. The number of methoxy groups -OCH3 is 1. The molecule has 7 nitrogen and oxygen atoms in total. The Morgan fingerprint density at radius 1 is 1.06 bits per heavy atom. The molecule has 34 heavy (non-hydrogen) atoms. The molecule has 1 saturated heterocycles. The van der Waals surface area contributed by atoms with E-state index in [2.05, 4.69) is 16.3 Å². The highest BCUT2D eigenvalue weighted by molar-refractivity contribution is 5.94. The lowest BCUT2D eigenvalue weighted by molar-refractivity contribution is -0.111. The van der Waals surface area contributed by atoms with Gasteiger partial charge in [-0.3, -0.25) is 4.79 Å². The smallest absolute Gasteiger partial charge is 0.251 e. The van der Waals surface area contributed by atoms with Crippen molar-refractivity contribution in [1.82, 2.24) is 5.32 Å². The van der Waals surface area contributed by atoms with Gasteiger partial charge in [0.15, 0.2) is 0 Å². The van der Waals surface area contributed by atoms with Crippen molar-refractivity contribution in [3.05, 3.63) is 53.6 Å². The zero-order chi connectivity index (χ0) is 23.9. The molecule has 0 aromatic heterocycles. The number of aldehydes is 1. The highest BCUT2D eigenvalue weighted by Crippen LogP contribution is 2.29. The maximum atomic E-state index is 12.8. The number of piperidine rings is 1. The van der Waals surface area contributed by atoms with Crippen LogP contribution < -0.4 is 19.7 Å². The molecule has 0 unspecified atom stereocenters. The molecule has 1 N–H and O–H groups in total. The normalized spacial score (nSPS) is 20.8. The minimum atomic E-state index is -0.0487. The number of nitrogens with zero attached hydrogens (tertiary/aromatic N) is 2. The first-order valence-corrected chi connectivity index (χ1v) is 12.0. The van der Waals surface area contributed by atoms with E-state index in [0.717, 1.165) is 63.6 Å². The fourth-order valence-corrected chi connectivity index (χ4v) is 4.74. The van der Waals surface area contributed by atoms with Gasteiger partial charge in [-0.25, -0.2) is 0 Å². The summed E-state index contributed by atoms with van der Waals surface area (Å²) in [6, 6.07) is 15.2. The van der Waals surface area contributed by atoms with Gasteiger partial charge in [0, 0.05) is 42.4 Å². The van der Waals surface area contributed by atoms with Crippen LogP contribution in [0.4, 0.5) is 5.69 Å². The number of amides is 1. The summed E-state index contributed by atoms with van der Waals surface area (Å²) in [7, 11) is 1.54. The number of hydrogen-bond donors (Lipinski definition) is 1. The summed E-state index contributed by atoms with van der Waals surface area (Å²) in [5.74, 6) is 1.33. The van der Waals surface area contributed by atoms with E-state index in [1.807, 2.05) is 24.3 Å². The van der Waals surface area contributed by atoms with Gasteiger partial charge in [-0.1, -0.05) is 0 Å². The van der Waals surface area contributed by atoms with Crippen LogP contribution in [0.1, 0.15) is 54.4 Å². The number of nitrogens with one attached hydrogen (secondary N) is 1. The fourth-order valence-electron chi connectivity index (χ4n) is 4.74. The van der Waals surface area contributed by atoms with Crippen LogP contribution in [-0.2, 0) is 4.79 Å². The van der Waals surface area contributed by atoms with Crippen molar-refractivity contribution in [2.75, 3.05) is 25.1 Å². The molecule has 1 amide bonds. The van der Waals surface area contributed by atoms with E-state index in [4.69, 9.17) is 14.7 Å². The lowest BCUT2D eigenvalue weighted by Crippen LogP contribution is -2.39. The number of hydrogen-bond acceptors (Lipinski definition) is 6. The Morgan fingerprint density at radius 2 is 1.76 bits per heavy atom. The second-order valence-corrected chi connectivity index (χ2v) is 9.05. The van der Waals surface area contributed by atoms with Crippen LogP contribution >= 0.6 is 0 Å². The standard InChI is InChI=1S/C27H31N3O4/c1-33-26-16-25(9-4-21(26)17-28)34-24-10-5-22(6-11-24)29-27(32)20-2-7-23(8-3-20)30-14-12-19(18-31)13-15-30/h2-4,7-9,16,18-19,22,24H,5-6,10-15H2,1H3,(H,29,32). The number of carbonyl (C=O) groups excluding carboxylic acids is 2. The van der Waals surface area contributed by atoms with E-state index in [1.165, 1.54) is 0 Å². The van der Waals surface area contributed by atoms with E-state index in [9.17, 15) is 9.59 Å². The summed E-state index contributed by atoms with van der Waals surface area (Å²) in [5.41, 5.74) is 2.24. The van der Waals surface area contributed by atoms with Crippen LogP contribution in [0.2, 0.25) is 0 Å². The molecule has 1 saturated carbocycles. The Morgan fingerprint density at radius 3 is 2.38 bits per heavy atom. The molecule has 1 heterocycles. The molecule has 2 aliphatic rings. The number of rotatable bonds is 7. The molecule has 0 spiro atoms. The Hall–Kier alpha value is -3.53. The van der Waals surface area contributed by atoms with Gasteiger partial charge in [0.25, 0.3) is 5.91 Å². The minimum Gasteiger partial charge on any atom is -0.495 e. The zero-order valence-electron chi connectivity index (χ0n) is 19.5. The maximum Gasteiger partial charge on any atom is 0.251 e. The Labute approximate surface area is 200 Å². The van der Waals surface area contributed by atoms with Crippen LogP contribution in [0.15, 0.2) is 42.5 Å². The largest absolute Gasteiger partial charge is 0.495 e. The Bertz CT molecular complexity index is 1030. The highest BCUT2D eigenvalue weighted by atomic mass is 16.5. The Balaban J connectivity index is 1.24. The molecule has 178 valence electrons. The molecule has 1 aliphatic heterocycles. The summed E-state index contributed by atoms with van der Waals surface area (Å²) < 4.78 is 11.3. The summed E-state index contributed by atoms with van der Waals surface area (Å²) in [6.07, 6.45) is 6.32. The van der Waals surface area contributed by atoms with Crippen LogP contribution in [0.3, 0.4) is 0 Å². The van der Waals surface area contributed by atoms with Gasteiger partial charge in [0.1, 0.15) is 23.9 Å². The summed E-state index contributed by atoms with van der Waals surface area (Å²) in [5, 5.41) is 12.3. The molecule has 2 aromatic carbocycles. The molecule has 0 radical (unpaired) electrons. The summed E-state index contributed by atoms with van der Waals surface area (Å²) >= 11 is 0. The average Bonchev–Trinajstić information content (AvgIpc) is 2.90. The third-order valence-corrected chi connectivity index (χ3v) is 6.83. The summed E-state index contributed by atoms with van der Waals surface area (Å²) in [4.78, 5) is 26.0. The van der Waals surface area contributed by atoms with Gasteiger partial charge in [-0.2, -0.15) is 5.26 Å². The number of anilines is 1. The third-order valence-electron chi connectivity index (χ3n) is 6.83. The molecular formula is C27H31N3O4. The van der Waals surface area contributed by atoms with Gasteiger partial charge >= 0.3 is 0 Å². The van der Waals surface area contributed by atoms with Crippen LogP contribution in [-0.4, -0.2) is 44.5 Å². The predicted octanol–water partition coefficient (Wildman–Crippen LogP) is 4.10. The van der Waals surface area contributed by atoms with E-state index >= 15 is 0 Å². The lowest BCUT2D eigenvalue weighted by Gasteiger charge is -2.31. The first-order chi connectivity index (χ1) is 16.6. The van der Waals surface area contributed by atoms with Gasteiger partial charge < -0.3 is 24.5 Å². The van der Waals surface area contributed by atoms with Gasteiger partial charge in [-0.15, -0.1) is 0 Å². The molecule has 4 rings (SSSR count). The Kier molecular flexibility index (Phi) is 7.69. The average molecular weight is 462 g/mol.